The summed E-state index contributed by atoms with van der Waals surface area (Å²) >= 11 is 2.61. The SMILES string of the molecule is CC(C)[Si](CI)(C(C)C)C(C)C. The predicted molar refractivity (Wildman–Crippen MR) is 69.9 cm³/mol. The maximum absolute atomic E-state index is 2.61. The van der Waals surface area contributed by atoms with Crippen molar-refractivity contribution in [3.63, 3.8) is 0 Å². The molecule has 0 spiro atoms. The fourth-order valence-electron chi connectivity index (χ4n) is 2.46. The molecular weight excluding hydrogens is 275 g/mol. The third kappa shape index (κ3) is 2.25. The molecule has 0 nitrogen and oxygen atoms in total. The molecule has 0 aromatic rings. The molecule has 2 heteroatoms. The van der Waals surface area contributed by atoms with Gasteiger partial charge in [-0.1, -0.05) is 64.1 Å². The van der Waals surface area contributed by atoms with Crippen molar-refractivity contribution in [2.24, 2.45) is 0 Å². The first-order chi connectivity index (χ1) is 5.39. The van der Waals surface area contributed by atoms with Gasteiger partial charge in [0, 0.05) is 0 Å². The molecule has 12 heavy (non-hydrogen) atoms. The summed E-state index contributed by atoms with van der Waals surface area (Å²) in [7, 11) is -1.01. The Hall–Kier alpha value is 0.947. The summed E-state index contributed by atoms with van der Waals surface area (Å²) in [5.74, 6) is 0. The zero-order valence-corrected chi connectivity index (χ0v) is 12.5. The average Bonchev–Trinajstić information content (AvgIpc) is 1.86. The van der Waals surface area contributed by atoms with Crippen LogP contribution in [0.1, 0.15) is 41.5 Å². The molecular formula is C10H23ISi. The number of alkyl halides is 1. The van der Waals surface area contributed by atoms with E-state index >= 15 is 0 Å². The summed E-state index contributed by atoms with van der Waals surface area (Å²) in [6.07, 6.45) is 0. The Morgan fingerprint density at radius 1 is 0.833 bits per heavy atom. The predicted octanol–water partition coefficient (Wildman–Crippen LogP) is 4.64. The van der Waals surface area contributed by atoms with Crippen LogP contribution in [-0.2, 0) is 0 Å². The number of halogens is 1. The molecule has 0 amide bonds. The summed E-state index contributed by atoms with van der Waals surface area (Å²) < 4.78 is 1.41. The Kier molecular flexibility index (Phi) is 5.38. The molecule has 0 aliphatic carbocycles. The zero-order valence-electron chi connectivity index (χ0n) is 9.32. The average molecular weight is 298 g/mol. The number of rotatable bonds is 4. The topological polar surface area (TPSA) is 0 Å². The van der Waals surface area contributed by atoms with Crippen molar-refractivity contribution in [2.45, 2.75) is 58.2 Å². The second-order valence-corrected chi connectivity index (χ2v) is 13.0. The van der Waals surface area contributed by atoms with Crippen LogP contribution in [0.2, 0.25) is 16.6 Å². The van der Waals surface area contributed by atoms with Gasteiger partial charge in [-0.25, -0.2) is 0 Å². The van der Waals surface area contributed by atoms with E-state index in [1.54, 1.807) is 0 Å². The molecule has 0 aromatic heterocycles. The van der Waals surface area contributed by atoms with Crippen LogP contribution >= 0.6 is 22.6 Å². The Morgan fingerprint density at radius 3 is 1.08 bits per heavy atom. The van der Waals surface area contributed by atoms with Crippen molar-refractivity contribution in [2.75, 3.05) is 4.05 Å². The van der Waals surface area contributed by atoms with Crippen LogP contribution in [0.5, 0.6) is 0 Å². The lowest BCUT2D eigenvalue weighted by Crippen LogP contribution is -2.46. The van der Waals surface area contributed by atoms with Crippen molar-refractivity contribution in [1.82, 2.24) is 0 Å². The molecule has 74 valence electrons. The lowest BCUT2D eigenvalue weighted by Gasteiger charge is -2.41. The molecule has 0 aliphatic heterocycles. The molecule has 0 saturated carbocycles. The van der Waals surface area contributed by atoms with E-state index in [0.717, 1.165) is 16.6 Å². The quantitative estimate of drug-likeness (QED) is 0.403. The van der Waals surface area contributed by atoms with Crippen LogP contribution in [-0.4, -0.2) is 12.1 Å². The number of hydrogen-bond acceptors (Lipinski definition) is 0. The van der Waals surface area contributed by atoms with Gasteiger partial charge >= 0.3 is 0 Å². The van der Waals surface area contributed by atoms with Crippen LogP contribution < -0.4 is 0 Å². The van der Waals surface area contributed by atoms with Gasteiger partial charge in [0.1, 0.15) is 0 Å². The van der Waals surface area contributed by atoms with Crippen LogP contribution in [0, 0.1) is 0 Å². The molecule has 0 bridgehead atoms. The number of hydrogen-bond donors (Lipinski definition) is 0. The first kappa shape index (κ1) is 12.9. The lowest BCUT2D eigenvalue weighted by molar-refractivity contribution is 0.822. The van der Waals surface area contributed by atoms with Crippen LogP contribution in [0.4, 0.5) is 0 Å². The maximum Gasteiger partial charge on any atom is 0.0714 e. The van der Waals surface area contributed by atoms with Gasteiger partial charge in [-0.2, -0.15) is 0 Å². The van der Waals surface area contributed by atoms with Gasteiger partial charge in [0.2, 0.25) is 0 Å². The molecule has 0 N–H and O–H groups in total. The molecule has 0 aromatic carbocycles. The van der Waals surface area contributed by atoms with E-state index in [0.29, 0.717) is 0 Å². The van der Waals surface area contributed by atoms with Gasteiger partial charge in [0.15, 0.2) is 0 Å². The molecule has 0 rings (SSSR count). The Morgan fingerprint density at radius 2 is 1.08 bits per heavy atom. The standard InChI is InChI=1S/C10H23ISi/c1-8(2)12(7-11,9(3)4)10(5)6/h8-10H,7H2,1-6H3. The molecule has 0 atom stereocenters. The highest BCUT2D eigenvalue weighted by Crippen LogP contribution is 2.42. The fourth-order valence-corrected chi connectivity index (χ4v) is 15.3. The van der Waals surface area contributed by atoms with Gasteiger partial charge in [0.25, 0.3) is 0 Å². The van der Waals surface area contributed by atoms with Crippen molar-refractivity contribution in [3.8, 4) is 0 Å². The summed E-state index contributed by atoms with van der Waals surface area (Å²) in [5.41, 5.74) is 2.78. The van der Waals surface area contributed by atoms with Crippen LogP contribution in [0.3, 0.4) is 0 Å². The molecule has 0 aliphatic rings. The maximum atomic E-state index is 2.61. The first-order valence-electron chi connectivity index (χ1n) is 4.95. The van der Waals surface area contributed by atoms with Gasteiger partial charge < -0.3 is 0 Å². The van der Waals surface area contributed by atoms with Gasteiger partial charge in [-0.05, 0) is 20.7 Å². The Bertz CT molecular complexity index is 108. The molecule has 0 heterocycles. The smallest absolute Gasteiger partial charge is 0.0714 e. The van der Waals surface area contributed by atoms with Crippen molar-refractivity contribution in [3.05, 3.63) is 0 Å². The lowest BCUT2D eigenvalue weighted by atomic mass is 10.5. The highest BCUT2D eigenvalue weighted by molar-refractivity contribution is 14.1. The summed E-state index contributed by atoms with van der Waals surface area (Å²) in [5, 5.41) is 0. The summed E-state index contributed by atoms with van der Waals surface area (Å²) in [6, 6.07) is 0. The minimum Gasteiger partial charge on any atom is -0.0897 e. The van der Waals surface area contributed by atoms with Gasteiger partial charge in [-0.15, -0.1) is 0 Å². The first-order valence-corrected chi connectivity index (χ1v) is 8.92. The molecule has 0 fully saturated rings. The van der Waals surface area contributed by atoms with E-state index in [9.17, 15) is 0 Å². The molecule has 0 unspecified atom stereocenters. The minimum atomic E-state index is -1.01. The Labute approximate surface area is 92.7 Å². The summed E-state index contributed by atoms with van der Waals surface area (Å²) in [6.45, 7) is 14.5. The van der Waals surface area contributed by atoms with Gasteiger partial charge in [-0.3, -0.25) is 0 Å². The monoisotopic (exact) mass is 298 g/mol. The zero-order chi connectivity index (χ0) is 9.94. The van der Waals surface area contributed by atoms with Gasteiger partial charge in [0.05, 0.1) is 8.07 Å². The Balaban J connectivity index is 4.77. The summed E-state index contributed by atoms with van der Waals surface area (Å²) in [4.78, 5) is 0. The molecule has 0 saturated heterocycles. The van der Waals surface area contributed by atoms with Crippen LogP contribution in [0.15, 0.2) is 0 Å². The van der Waals surface area contributed by atoms with E-state index in [4.69, 9.17) is 0 Å². The minimum absolute atomic E-state index is 0.925. The highest BCUT2D eigenvalue weighted by Gasteiger charge is 2.41. The van der Waals surface area contributed by atoms with E-state index < -0.39 is 8.07 Å². The normalized spacial score (nSPS) is 13.5. The van der Waals surface area contributed by atoms with Crippen molar-refractivity contribution < 1.29 is 0 Å². The second kappa shape index (κ2) is 4.98. The van der Waals surface area contributed by atoms with E-state index in [1.165, 1.54) is 4.05 Å². The van der Waals surface area contributed by atoms with E-state index in [1.807, 2.05) is 0 Å². The third-order valence-electron chi connectivity index (χ3n) is 3.46. The van der Waals surface area contributed by atoms with Crippen molar-refractivity contribution >= 4 is 30.7 Å². The van der Waals surface area contributed by atoms with Crippen LogP contribution in [0.25, 0.3) is 0 Å². The fraction of sp³-hybridized carbons (Fsp3) is 1.00. The van der Waals surface area contributed by atoms with Crippen molar-refractivity contribution in [1.29, 1.82) is 0 Å². The highest BCUT2D eigenvalue weighted by atomic mass is 127. The second-order valence-electron chi connectivity index (χ2n) is 4.71. The van der Waals surface area contributed by atoms with E-state index in [-0.39, 0.29) is 0 Å². The molecule has 0 radical (unpaired) electrons. The third-order valence-corrected chi connectivity index (χ3v) is 14.3. The largest absolute Gasteiger partial charge is 0.0897 e. The van der Waals surface area contributed by atoms with E-state index in [2.05, 4.69) is 64.1 Å².